The quantitative estimate of drug-likeness (QED) is 0.650. The van der Waals surface area contributed by atoms with Crippen molar-refractivity contribution in [3.63, 3.8) is 0 Å². The highest BCUT2D eigenvalue weighted by Crippen LogP contribution is 2.35. The van der Waals surface area contributed by atoms with Gasteiger partial charge in [0.25, 0.3) is 0 Å². The second-order valence-electron chi connectivity index (χ2n) is 5.86. The lowest BCUT2D eigenvalue weighted by Gasteiger charge is -2.19. The van der Waals surface area contributed by atoms with Gasteiger partial charge in [0.15, 0.2) is 5.78 Å². The summed E-state index contributed by atoms with van der Waals surface area (Å²) in [6, 6.07) is 3.69. The van der Waals surface area contributed by atoms with E-state index in [0.29, 0.717) is 42.9 Å². The number of fused-ring (bicyclic) bond motifs is 1. The molecule has 1 aliphatic rings. The van der Waals surface area contributed by atoms with E-state index in [2.05, 4.69) is 4.98 Å². The van der Waals surface area contributed by atoms with E-state index in [1.807, 2.05) is 19.1 Å². The van der Waals surface area contributed by atoms with E-state index < -0.39 is 5.97 Å². The van der Waals surface area contributed by atoms with Gasteiger partial charge in [0.05, 0.1) is 12.9 Å². The van der Waals surface area contributed by atoms with Gasteiger partial charge in [0.2, 0.25) is 0 Å². The highest BCUT2D eigenvalue weighted by atomic mass is 16.6. The number of ketones is 1. The molecule has 0 bridgehead atoms. The van der Waals surface area contributed by atoms with E-state index in [1.165, 1.54) is 0 Å². The molecule has 0 unspecified atom stereocenters. The Morgan fingerprint density at radius 2 is 2.21 bits per heavy atom. The van der Waals surface area contributed by atoms with Crippen LogP contribution in [0.15, 0.2) is 22.8 Å². The van der Waals surface area contributed by atoms with Crippen molar-refractivity contribution in [2.45, 2.75) is 32.6 Å². The number of aromatic nitrogens is 1. The molecule has 0 spiro atoms. The molecule has 24 heavy (non-hydrogen) atoms. The average molecular weight is 331 g/mol. The van der Waals surface area contributed by atoms with Crippen molar-refractivity contribution in [1.29, 1.82) is 0 Å². The number of carbonyl (C=O) groups is 2. The Kier molecular flexibility index (Phi) is 4.85. The van der Waals surface area contributed by atoms with Gasteiger partial charge in [-0.15, -0.1) is 0 Å². The topological polar surface area (TPSA) is 81.5 Å². The molecule has 6 heteroatoms. The molecule has 0 saturated heterocycles. The van der Waals surface area contributed by atoms with Crippen LogP contribution in [-0.2, 0) is 15.9 Å². The molecule has 0 amide bonds. The van der Waals surface area contributed by atoms with E-state index in [0.717, 1.165) is 11.5 Å². The number of hydrogen-bond acceptors (Lipinski definition) is 5. The largest absolute Gasteiger partial charge is 0.469 e. The number of esters is 1. The number of Topliss-reactive ketones (excluding diaryl/α,β-unsaturated/α-hetero) is 1. The Morgan fingerprint density at radius 1 is 1.38 bits per heavy atom. The van der Waals surface area contributed by atoms with Gasteiger partial charge in [0.1, 0.15) is 18.1 Å². The van der Waals surface area contributed by atoms with Gasteiger partial charge >= 0.3 is 5.97 Å². The summed E-state index contributed by atoms with van der Waals surface area (Å²) in [6.07, 6.45) is 2.64. The molecule has 2 aromatic heterocycles. The molecule has 1 atom stereocenters. The van der Waals surface area contributed by atoms with Crippen LogP contribution in [-0.4, -0.2) is 36.6 Å². The van der Waals surface area contributed by atoms with Gasteiger partial charge in [-0.3, -0.25) is 4.79 Å². The normalized spacial score (nSPS) is 16.9. The Morgan fingerprint density at radius 3 is 2.92 bits per heavy atom. The van der Waals surface area contributed by atoms with Crippen molar-refractivity contribution in [2.75, 3.05) is 19.8 Å². The van der Waals surface area contributed by atoms with Crippen molar-refractivity contribution in [3.8, 4) is 0 Å². The molecule has 3 rings (SSSR count). The summed E-state index contributed by atoms with van der Waals surface area (Å²) >= 11 is 0. The number of rotatable bonds is 6. The van der Waals surface area contributed by atoms with Crippen molar-refractivity contribution in [1.82, 2.24) is 4.98 Å². The lowest BCUT2D eigenvalue weighted by molar-refractivity contribution is 0.0329. The molecule has 0 radical (unpaired) electrons. The van der Waals surface area contributed by atoms with Crippen molar-refractivity contribution < 1.29 is 23.5 Å². The number of ether oxygens (including phenoxy) is 2. The summed E-state index contributed by atoms with van der Waals surface area (Å²) in [5.41, 5.74) is 2.41. The molecule has 0 fully saturated rings. The molecular weight excluding hydrogens is 310 g/mol. The molecule has 0 saturated carbocycles. The highest BCUT2D eigenvalue weighted by Gasteiger charge is 2.33. The number of H-pyrrole nitrogens is 1. The minimum Gasteiger partial charge on any atom is -0.469 e. The third kappa shape index (κ3) is 3.14. The summed E-state index contributed by atoms with van der Waals surface area (Å²) in [5.74, 6) is 0.366. The SMILES string of the molecule is CCOCCOC(=O)c1[nH]c2c(c1C)C(=O)C[C@H](c1ccco1)C2. The first-order valence-electron chi connectivity index (χ1n) is 8.14. The Labute approximate surface area is 140 Å². The lowest BCUT2D eigenvalue weighted by Crippen LogP contribution is -2.18. The molecule has 0 aliphatic heterocycles. The van der Waals surface area contributed by atoms with Gasteiger partial charge < -0.3 is 18.9 Å². The van der Waals surface area contributed by atoms with Crippen LogP contribution >= 0.6 is 0 Å². The number of aromatic amines is 1. The molecule has 2 aromatic rings. The zero-order valence-electron chi connectivity index (χ0n) is 13.9. The molecule has 2 heterocycles. The van der Waals surface area contributed by atoms with Crippen molar-refractivity contribution in [2.24, 2.45) is 0 Å². The standard InChI is InChI=1S/C18H21NO5/c1-3-22-7-8-24-18(21)17-11(2)16-13(19-17)9-12(10-14(16)20)15-5-4-6-23-15/h4-6,12,19H,3,7-10H2,1-2H3/t12-/m1/s1. The van der Waals surface area contributed by atoms with Crippen molar-refractivity contribution >= 4 is 11.8 Å². The van der Waals surface area contributed by atoms with Gasteiger partial charge in [-0.05, 0) is 38.0 Å². The first-order chi connectivity index (χ1) is 11.6. The Balaban J connectivity index is 1.77. The van der Waals surface area contributed by atoms with E-state index in [4.69, 9.17) is 13.9 Å². The summed E-state index contributed by atoms with van der Waals surface area (Å²) in [4.78, 5) is 27.8. The van der Waals surface area contributed by atoms with Crippen LogP contribution in [0.3, 0.4) is 0 Å². The second-order valence-corrected chi connectivity index (χ2v) is 5.86. The molecular formula is C18H21NO5. The number of furan rings is 1. The molecule has 0 aromatic carbocycles. The summed E-state index contributed by atoms with van der Waals surface area (Å²) in [6.45, 7) is 4.79. The second kappa shape index (κ2) is 7.05. The number of carbonyl (C=O) groups excluding carboxylic acids is 2. The molecule has 6 nitrogen and oxygen atoms in total. The summed E-state index contributed by atoms with van der Waals surface area (Å²) < 4.78 is 15.8. The predicted octanol–water partition coefficient (Wildman–Crippen LogP) is 3.02. The molecule has 1 N–H and O–H groups in total. The van der Waals surface area contributed by atoms with Crippen LogP contribution in [0.1, 0.15) is 57.1 Å². The van der Waals surface area contributed by atoms with Gasteiger partial charge in [0, 0.05) is 30.2 Å². The smallest absolute Gasteiger partial charge is 0.355 e. The van der Waals surface area contributed by atoms with Crippen LogP contribution in [0.25, 0.3) is 0 Å². The summed E-state index contributed by atoms with van der Waals surface area (Å²) in [7, 11) is 0. The van der Waals surface area contributed by atoms with Crippen LogP contribution < -0.4 is 0 Å². The first kappa shape index (κ1) is 16.5. The Hall–Kier alpha value is -2.34. The molecule has 128 valence electrons. The van der Waals surface area contributed by atoms with Crippen molar-refractivity contribution in [3.05, 3.63) is 46.7 Å². The summed E-state index contributed by atoms with van der Waals surface area (Å²) in [5, 5.41) is 0. The fraction of sp³-hybridized carbons (Fsp3) is 0.444. The minimum absolute atomic E-state index is 0.000116. The fourth-order valence-corrected chi connectivity index (χ4v) is 3.17. The lowest BCUT2D eigenvalue weighted by atomic mass is 9.84. The monoisotopic (exact) mass is 331 g/mol. The third-order valence-electron chi connectivity index (χ3n) is 4.30. The zero-order chi connectivity index (χ0) is 17.1. The third-order valence-corrected chi connectivity index (χ3v) is 4.30. The highest BCUT2D eigenvalue weighted by molar-refractivity contribution is 6.03. The maximum absolute atomic E-state index is 12.5. The minimum atomic E-state index is -0.455. The zero-order valence-corrected chi connectivity index (χ0v) is 13.9. The molecule has 1 aliphatic carbocycles. The van der Waals surface area contributed by atoms with Crippen LogP contribution in [0.2, 0.25) is 0 Å². The first-order valence-corrected chi connectivity index (χ1v) is 8.14. The number of hydrogen-bond donors (Lipinski definition) is 1. The van der Waals surface area contributed by atoms with Crippen LogP contribution in [0.4, 0.5) is 0 Å². The van der Waals surface area contributed by atoms with E-state index >= 15 is 0 Å². The van der Waals surface area contributed by atoms with E-state index in [-0.39, 0.29) is 18.3 Å². The van der Waals surface area contributed by atoms with Gasteiger partial charge in [-0.25, -0.2) is 4.79 Å². The maximum Gasteiger partial charge on any atom is 0.355 e. The van der Waals surface area contributed by atoms with Gasteiger partial charge in [-0.2, -0.15) is 0 Å². The Bertz CT molecular complexity index is 729. The average Bonchev–Trinajstić information content (AvgIpc) is 3.20. The van der Waals surface area contributed by atoms with Crippen LogP contribution in [0.5, 0.6) is 0 Å². The van der Waals surface area contributed by atoms with E-state index in [9.17, 15) is 9.59 Å². The van der Waals surface area contributed by atoms with Crippen LogP contribution in [0, 0.1) is 6.92 Å². The maximum atomic E-state index is 12.5. The number of nitrogens with one attached hydrogen (secondary N) is 1. The van der Waals surface area contributed by atoms with Gasteiger partial charge in [-0.1, -0.05) is 0 Å². The predicted molar refractivity (Wildman–Crippen MR) is 86.4 cm³/mol. The van der Waals surface area contributed by atoms with E-state index in [1.54, 1.807) is 13.2 Å². The fourth-order valence-electron chi connectivity index (χ4n) is 3.17.